The van der Waals surface area contributed by atoms with Crippen LogP contribution in [0.5, 0.6) is 0 Å². The standard InChI is InChI=1S/C20H28N4O4S2/c1-4-22(5-2)16(25)13-30-19-21-15-9-12-29-17(15)18(26)24(19)14-7-10-23(11-8-14)20(27)28-6-3/h9,12,14H,4-8,10-11,13H2,1-3H3. The van der Waals surface area contributed by atoms with Gasteiger partial charge in [-0.3, -0.25) is 14.2 Å². The Morgan fingerprint density at radius 1 is 1.27 bits per heavy atom. The molecule has 0 aliphatic carbocycles. The molecule has 2 aromatic rings. The Hall–Kier alpha value is -2.07. The molecule has 30 heavy (non-hydrogen) atoms. The van der Waals surface area contributed by atoms with Crippen LogP contribution in [0.4, 0.5) is 4.79 Å². The van der Waals surface area contributed by atoms with E-state index >= 15 is 0 Å². The fourth-order valence-electron chi connectivity index (χ4n) is 3.64. The van der Waals surface area contributed by atoms with Crippen molar-refractivity contribution in [2.45, 2.75) is 44.8 Å². The smallest absolute Gasteiger partial charge is 0.409 e. The number of thiophene rings is 1. The van der Waals surface area contributed by atoms with Crippen molar-refractivity contribution in [2.75, 3.05) is 38.5 Å². The van der Waals surface area contributed by atoms with Crippen molar-refractivity contribution in [1.29, 1.82) is 0 Å². The van der Waals surface area contributed by atoms with Gasteiger partial charge in [0.25, 0.3) is 5.56 Å². The van der Waals surface area contributed by atoms with E-state index in [-0.39, 0.29) is 29.4 Å². The fraction of sp³-hybridized carbons (Fsp3) is 0.600. The summed E-state index contributed by atoms with van der Waals surface area (Å²) in [5, 5.41) is 2.43. The molecule has 1 aliphatic heterocycles. The van der Waals surface area contributed by atoms with E-state index in [0.29, 0.717) is 61.0 Å². The van der Waals surface area contributed by atoms with Crippen molar-refractivity contribution in [3.8, 4) is 0 Å². The van der Waals surface area contributed by atoms with E-state index in [9.17, 15) is 14.4 Å². The summed E-state index contributed by atoms with van der Waals surface area (Å²) in [6, 6.07) is 1.78. The van der Waals surface area contributed by atoms with Crippen LogP contribution >= 0.6 is 23.1 Å². The molecule has 0 atom stereocenters. The molecule has 8 nitrogen and oxygen atoms in total. The zero-order valence-corrected chi connectivity index (χ0v) is 19.3. The summed E-state index contributed by atoms with van der Waals surface area (Å²) in [5.41, 5.74) is 0.602. The highest BCUT2D eigenvalue weighted by atomic mass is 32.2. The summed E-state index contributed by atoms with van der Waals surface area (Å²) in [7, 11) is 0. The van der Waals surface area contributed by atoms with Crippen LogP contribution < -0.4 is 5.56 Å². The van der Waals surface area contributed by atoms with Crippen molar-refractivity contribution in [1.82, 2.24) is 19.4 Å². The van der Waals surface area contributed by atoms with Gasteiger partial charge in [-0.05, 0) is 45.1 Å². The van der Waals surface area contributed by atoms with Crippen LogP contribution in [0.1, 0.15) is 39.7 Å². The molecular formula is C20H28N4O4S2. The predicted molar refractivity (Wildman–Crippen MR) is 119 cm³/mol. The van der Waals surface area contributed by atoms with E-state index in [0.717, 1.165) is 0 Å². The molecule has 3 heterocycles. The van der Waals surface area contributed by atoms with Gasteiger partial charge in [0, 0.05) is 32.2 Å². The average Bonchev–Trinajstić information content (AvgIpc) is 3.22. The van der Waals surface area contributed by atoms with Crippen LogP contribution in [0.25, 0.3) is 10.2 Å². The molecule has 0 radical (unpaired) electrons. The maximum Gasteiger partial charge on any atom is 0.409 e. The first kappa shape index (κ1) is 22.6. The van der Waals surface area contributed by atoms with Crippen LogP contribution in [-0.4, -0.2) is 69.9 Å². The number of nitrogens with zero attached hydrogens (tertiary/aromatic N) is 4. The van der Waals surface area contributed by atoms with Gasteiger partial charge in [0.05, 0.1) is 17.9 Å². The second kappa shape index (κ2) is 10.3. The number of aromatic nitrogens is 2. The number of hydrogen-bond acceptors (Lipinski definition) is 7. The SMILES string of the molecule is CCOC(=O)N1CCC(n2c(SCC(=O)N(CC)CC)nc3ccsc3c2=O)CC1. The Balaban J connectivity index is 1.83. The van der Waals surface area contributed by atoms with E-state index in [4.69, 9.17) is 9.72 Å². The monoisotopic (exact) mass is 452 g/mol. The van der Waals surface area contributed by atoms with Gasteiger partial charge < -0.3 is 14.5 Å². The fourth-order valence-corrected chi connectivity index (χ4v) is 5.38. The minimum Gasteiger partial charge on any atom is -0.450 e. The maximum absolute atomic E-state index is 13.2. The molecule has 0 unspecified atom stereocenters. The zero-order valence-electron chi connectivity index (χ0n) is 17.6. The van der Waals surface area contributed by atoms with Crippen molar-refractivity contribution < 1.29 is 14.3 Å². The number of ether oxygens (including phenoxy) is 1. The summed E-state index contributed by atoms with van der Waals surface area (Å²) >= 11 is 2.70. The number of carbonyl (C=O) groups excluding carboxylic acids is 2. The maximum atomic E-state index is 13.2. The van der Waals surface area contributed by atoms with Crippen LogP contribution in [0.2, 0.25) is 0 Å². The van der Waals surface area contributed by atoms with E-state index in [1.807, 2.05) is 25.3 Å². The molecule has 0 N–H and O–H groups in total. The first-order valence-corrected chi connectivity index (χ1v) is 12.2. The number of amides is 2. The van der Waals surface area contributed by atoms with Gasteiger partial charge in [0.15, 0.2) is 5.16 Å². The molecule has 3 rings (SSSR count). The van der Waals surface area contributed by atoms with Gasteiger partial charge in [0.1, 0.15) is 4.70 Å². The second-order valence-corrected chi connectivity index (χ2v) is 8.83. The number of piperidine rings is 1. The highest BCUT2D eigenvalue weighted by Gasteiger charge is 2.28. The normalized spacial score (nSPS) is 14.8. The first-order chi connectivity index (χ1) is 14.5. The third-order valence-electron chi connectivity index (χ3n) is 5.28. The topological polar surface area (TPSA) is 84.7 Å². The van der Waals surface area contributed by atoms with E-state index in [2.05, 4.69) is 0 Å². The minimum absolute atomic E-state index is 0.0355. The lowest BCUT2D eigenvalue weighted by atomic mass is 10.1. The van der Waals surface area contributed by atoms with Crippen molar-refractivity contribution in [3.05, 3.63) is 21.8 Å². The highest BCUT2D eigenvalue weighted by Crippen LogP contribution is 2.29. The molecule has 0 bridgehead atoms. The molecule has 1 fully saturated rings. The molecule has 0 saturated carbocycles. The summed E-state index contributed by atoms with van der Waals surface area (Å²) in [4.78, 5) is 45.9. The van der Waals surface area contributed by atoms with E-state index < -0.39 is 0 Å². The van der Waals surface area contributed by atoms with Crippen molar-refractivity contribution in [3.63, 3.8) is 0 Å². The molecule has 1 saturated heterocycles. The minimum atomic E-state index is -0.311. The molecule has 0 aromatic carbocycles. The number of carbonyl (C=O) groups is 2. The molecule has 0 spiro atoms. The molecule has 2 amide bonds. The molecule has 2 aromatic heterocycles. The van der Waals surface area contributed by atoms with Crippen LogP contribution in [0.15, 0.2) is 21.4 Å². The van der Waals surface area contributed by atoms with Gasteiger partial charge in [-0.1, -0.05) is 11.8 Å². The van der Waals surface area contributed by atoms with Gasteiger partial charge in [-0.15, -0.1) is 11.3 Å². The lowest BCUT2D eigenvalue weighted by Gasteiger charge is -2.32. The van der Waals surface area contributed by atoms with Crippen LogP contribution in [0, 0.1) is 0 Å². The summed E-state index contributed by atoms with van der Waals surface area (Å²) in [6.07, 6.45) is 0.985. The van der Waals surface area contributed by atoms with E-state index in [1.54, 1.807) is 21.3 Å². The van der Waals surface area contributed by atoms with Crippen LogP contribution in [0.3, 0.4) is 0 Å². The number of thioether (sulfide) groups is 1. The Bertz CT molecular complexity index is 946. The lowest BCUT2D eigenvalue weighted by molar-refractivity contribution is -0.127. The average molecular weight is 453 g/mol. The Labute approximate surface area is 184 Å². The van der Waals surface area contributed by atoms with Crippen LogP contribution in [-0.2, 0) is 9.53 Å². The molecular weight excluding hydrogens is 424 g/mol. The largest absolute Gasteiger partial charge is 0.450 e. The quantitative estimate of drug-likeness (QED) is 0.474. The third-order valence-corrected chi connectivity index (χ3v) is 7.11. The first-order valence-electron chi connectivity index (χ1n) is 10.3. The highest BCUT2D eigenvalue weighted by molar-refractivity contribution is 7.99. The van der Waals surface area contributed by atoms with Gasteiger partial charge in [-0.25, -0.2) is 9.78 Å². The Kier molecular flexibility index (Phi) is 7.76. The van der Waals surface area contributed by atoms with E-state index in [1.165, 1.54) is 23.1 Å². The summed E-state index contributed by atoms with van der Waals surface area (Å²) in [6.45, 7) is 8.41. The zero-order chi connectivity index (χ0) is 21.7. The Morgan fingerprint density at radius 2 is 1.97 bits per heavy atom. The van der Waals surface area contributed by atoms with Crippen molar-refractivity contribution in [2.24, 2.45) is 0 Å². The molecule has 10 heteroatoms. The summed E-state index contributed by atoms with van der Waals surface area (Å²) in [5.74, 6) is 0.277. The lowest BCUT2D eigenvalue weighted by Crippen LogP contribution is -2.41. The Morgan fingerprint density at radius 3 is 2.60 bits per heavy atom. The number of hydrogen-bond donors (Lipinski definition) is 0. The molecule has 164 valence electrons. The van der Waals surface area contributed by atoms with Crippen molar-refractivity contribution >= 4 is 45.3 Å². The number of rotatable bonds is 7. The van der Waals surface area contributed by atoms with Gasteiger partial charge >= 0.3 is 6.09 Å². The summed E-state index contributed by atoms with van der Waals surface area (Å²) < 4.78 is 7.45. The van der Waals surface area contributed by atoms with Gasteiger partial charge in [0.2, 0.25) is 5.91 Å². The second-order valence-electron chi connectivity index (χ2n) is 6.98. The predicted octanol–water partition coefficient (Wildman–Crippen LogP) is 3.21. The molecule has 1 aliphatic rings. The number of fused-ring (bicyclic) bond motifs is 1. The number of likely N-dealkylation sites (tertiary alicyclic amines) is 1. The third kappa shape index (κ3) is 4.80. The van der Waals surface area contributed by atoms with Gasteiger partial charge in [-0.2, -0.15) is 0 Å².